The summed E-state index contributed by atoms with van der Waals surface area (Å²) >= 11 is 0. The van der Waals surface area contributed by atoms with Crippen molar-refractivity contribution in [1.29, 1.82) is 0 Å². The van der Waals surface area contributed by atoms with E-state index >= 15 is 0 Å². The number of hydrogen-bond acceptors (Lipinski definition) is 7. The topological polar surface area (TPSA) is 127 Å². The maximum absolute atomic E-state index is 14.1. The zero-order valence-corrected chi connectivity index (χ0v) is 26.2. The lowest BCUT2D eigenvalue weighted by Crippen LogP contribution is -2.46. The summed E-state index contributed by atoms with van der Waals surface area (Å²) in [6.45, 7) is 8.13. The van der Waals surface area contributed by atoms with Crippen LogP contribution >= 0.6 is 0 Å². The van der Waals surface area contributed by atoms with Gasteiger partial charge in [-0.25, -0.2) is 14.5 Å². The van der Waals surface area contributed by atoms with Crippen LogP contribution in [0, 0.1) is 26.2 Å². The molecule has 1 N–H and O–H groups in total. The van der Waals surface area contributed by atoms with E-state index in [0.717, 1.165) is 11.8 Å². The molecule has 0 unspecified atom stereocenters. The van der Waals surface area contributed by atoms with E-state index in [1.807, 2.05) is 19.9 Å². The van der Waals surface area contributed by atoms with Crippen molar-refractivity contribution in [2.75, 3.05) is 5.32 Å². The van der Waals surface area contributed by atoms with Crippen LogP contribution in [0.4, 0.5) is 19.0 Å². The first-order chi connectivity index (χ1) is 22.5. The molecule has 0 radical (unpaired) electrons. The minimum atomic E-state index is -4.73. The average molecular weight is 646 g/mol. The number of nitrogens with zero attached hydrogens (tertiary/aromatic N) is 7. The summed E-state index contributed by atoms with van der Waals surface area (Å²) < 4.78 is 52.6. The normalized spacial score (nSPS) is 22.4. The van der Waals surface area contributed by atoms with Gasteiger partial charge in [0.25, 0.3) is 0 Å². The monoisotopic (exact) mass is 645 g/mol. The number of Topliss-reactive ketones (excluding diaryl/α,β-unsaturated/α-hetero) is 1. The summed E-state index contributed by atoms with van der Waals surface area (Å²) in [5, 5.41) is 7.39. The molecular weight excluding hydrogens is 613 g/mol. The quantitative estimate of drug-likeness (QED) is 0.248. The van der Waals surface area contributed by atoms with Crippen molar-refractivity contribution in [3.05, 3.63) is 71.1 Å². The van der Waals surface area contributed by atoms with Gasteiger partial charge in [0.05, 0.1) is 24.0 Å². The molecule has 1 saturated carbocycles. The number of aromatic nitrogens is 6. The number of pyridine rings is 2. The van der Waals surface area contributed by atoms with Crippen molar-refractivity contribution in [1.82, 2.24) is 34.0 Å². The fraction of sp³-hybridized carbons (Fsp3) is 0.364. The van der Waals surface area contributed by atoms with Crippen molar-refractivity contribution in [3.8, 4) is 11.3 Å². The van der Waals surface area contributed by atoms with E-state index in [0.29, 0.717) is 45.5 Å². The number of aryl methyl sites for hydroxylation is 3. The van der Waals surface area contributed by atoms with E-state index in [2.05, 4.69) is 20.4 Å². The number of likely N-dealkylation sites (tertiary alicyclic amines) is 1. The highest BCUT2D eigenvalue weighted by Gasteiger charge is 2.64. The van der Waals surface area contributed by atoms with Crippen molar-refractivity contribution < 1.29 is 28.9 Å². The van der Waals surface area contributed by atoms with E-state index < -0.39 is 41.2 Å². The second-order valence-corrected chi connectivity index (χ2v) is 12.7. The molecule has 0 aromatic carbocycles. The van der Waals surface area contributed by atoms with Crippen molar-refractivity contribution in [2.24, 2.45) is 5.41 Å². The zero-order chi connectivity index (χ0) is 34.5. The van der Waals surface area contributed by atoms with Crippen LogP contribution in [0.2, 0.25) is 0 Å². The number of nitrogens with one attached hydrogen (secondary N) is 1. The maximum atomic E-state index is 14.1. The van der Waals surface area contributed by atoms with Gasteiger partial charge in [-0.3, -0.25) is 19.4 Å². The molecular formula is C33H31F3N8O3. The molecule has 5 aromatic heterocycles. The Balaban J connectivity index is 1.22. The summed E-state index contributed by atoms with van der Waals surface area (Å²) in [6.07, 6.45) is 0.900. The van der Waals surface area contributed by atoms with E-state index in [-0.39, 0.29) is 30.1 Å². The molecule has 3 atom stereocenters. The number of carbonyl (C=O) groups is 3. The molecule has 2 fully saturated rings. The van der Waals surface area contributed by atoms with Crippen LogP contribution in [0.3, 0.4) is 0 Å². The Bertz CT molecular complexity index is 2210. The fourth-order valence-electron chi connectivity index (χ4n) is 6.56. The predicted octanol–water partition coefficient (Wildman–Crippen LogP) is 5.31. The Morgan fingerprint density at radius 3 is 2.60 bits per heavy atom. The van der Waals surface area contributed by atoms with Gasteiger partial charge >= 0.3 is 6.18 Å². The summed E-state index contributed by atoms with van der Waals surface area (Å²) in [5.41, 5.74) is 2.77. The summed E-state index contributed by atoms with van der Waals surface area (Å²) in [4.78, 5) is 54.6. The summed E-state index contributed by atoms with van der Waals surface area (Å²) in [5.74, 6) is -2.04. The van der Waals surface area contributed by atoms with E-state index in [1.54, 1.807) is 40.7 Å². The number of amides is 2. The molecule has 0 spiro atoms. The lowest BCUT2D eigenvalue weighted by Gasteiger charge is -2.27. The first kappa shape index (κ1) is 29.3. The number of alkyl halides is 3. The number of hydrogen-bond donors (Lipinski definition) is 1. The van der Waals surface area contributed by atoms with Gasteiger partial charge in [0.15, 0.2) is 11.4 Å². The zero-order valence-electron chi connectivity index (χ0n) is 27.2. The molecule has 1 aliphatic heterocycles. The largest absolute Gasteiger partial charge is 0.433 e. The Hall–Kier alpha value is -5.14. The van der Waals surface area contributed by atoms with Crippen molar-refractivity contribution in [3.63, 3.8) is 0 Å². The number of piperidine rings is 1. The lowest BCUT2D eigenvalue weighted by atomic mass is 10.0. The third-order valence-corrected chi connectivity index (χ3v) is 9.07. The maximum Gasteiger partial charge on any atom is 0.433 e. The molecule has 0 bridgehead atoms. The standard InChI is InChI=1S/C33H31F3N8O3/c1-16-6-7-25(33(34,35)36)39-30(16)40-31(47)24-10-32(5)11-26(32)44(24)28(46)15-42-14-22(19(4)45)21-9-23(38-18(3)29(21)42)20-12-37-27-8-17(2)41-43(27)13-20/h6-9,12-14,24,26H,10-11,15H2,1-5H3,(H,39,40,47)/t24-,26+,32-/m0/s1/i24D. The fourth-order valence-corrected chi connectivity index (χ4v) is 6.56. The van der Waals surface area contributed by atoms with Crippen LogP contribution in [0.5, 0.6) is 0 Å². The van der Waals surface area contributed by atoms with Crippen molar-refractivity contribution in [2.45, 2.75) is 72.2 Å². The first-order valence-corrected chi connectivity index (χ1v) is 15.0. The average Bonchev–Trinajstić information content (AvgIpc) is 3.26. The van der Waals surface area contributed by atoms with Gasteiger partial charge in [-0.05, 0) is 63.6 Å². The highest BCUT2D eigenvalue weighted by atomic mass is 19.4. The third-order valence-electron chi connectivity index (χ3n) is 9.07. The molecule has 2 amide bonds. The van der Waals surface area contributed by atoms with Crippen LogP contribution in [0.25, 0.3) is 27.8 Å². The second-order valence-electron chi connectivity index (χ2n) is 12.7. The number of ketones is 1. The Morgan fingerprint density at radius 1 is 1.11 bits per heavy atom. The molecule has 242 valence electrons. The number of carbonyl (C=O) groups excluding carboxylic acids is 3. The van der Waals surface area contributed by atoms with Gasteiger partial charge in [0.2, 0.25) is 11.8 Å². The van der Waals surface area contributed by atoms with Gasteiger partial charge in [0.1, 0.15) is 24.1 Å². The first-order valence-electron chi connectivity index (χ1n) is 15.5. The molecule has 1 aliphatic carbocycles. The molecule has 1 saturated heterocycles. The van der Waals surface area contributed by atoms with Crippen LogP contribution in [0.15, 0.2) is 42.9 Å². The molecule has 11 nitrogen and oxygen atoms in total. The SMILES string of the molecule is [2H][C@@]1(C(=O)Nc2nc(C(F)(F)F)ccc2C)C[C@@]2(C)C[C@H]2N1C(=O)Cn1cc(C(C)=O)c2cc(-c3cnc4cc(C)nn4c3)nc(C)c21. The molecule has 2 aliphatic rings. The highest BCUT2D eigenvalue weighted by molar-refractivity contribution is 6.08. The summed E-state index contributed by atoms with van der Waals surface area (Å²) in [7, 11) is 0. The van der Waals surface area contributed by atoms with Gasteiger partial charge in [-0.15, -0.1) is 0 Å². The number of anilines is 1. The van der Waals surface area contributed by atoms with Gasteiger partial charge in [-0.1, -0.05) is 13.0 Å². The van der Waals surface area contributed by atoms with E-state index in [9.17, 15) is 28.9 Å². The van der Waals surface area contributed by atoms with Gasteiger partial charge in [-0.2, -0.15) is 18.3 Å². The molecule has 5 aromatic rings. The van der Waals surface area contributed by atoms with E-state index in [1.165, 1.54) is 24.8 Å². The smallest absolute Gasteiger partial charge is 0.336 e. The van der Waals surface area contributed by atoms with Crippen molar-refractivity contribution >= 4 is 40.0 Å². The van der Waals surface area contributed by atoms with Gasteiger partial charge < -0.3 is 14.8 Å². The van der Waals surface area contributed by atoms with Crippen LogP contribution in [-0.2, 0) is 22.3 Å². The lowest BCUT2D eigenvalue weighted by molar-refractivity contribution is -0.141. The molecule has 47 heavy (non-hydrogen) atoms. The third kappa shape index (κ3) is 5.21. The molecule has 14 heteroatoms. The highest BCUT2D eigenvalue weighted by Crippen LogP contribution is 2.59. The Kier molecular flexibility index (Phi) is 6.50. The van der Waals surface area contributed by atoms with Crippen LogP contribution in [0.1, 0.15) is 61.1 Å². The van der Waals surface area contributed by atoms with Gasteiger partial charge in [0, 0.05) is 47.2 Å². The second kappa shape index (κ2) is 10.4. The minimum absolute atomic E-state index is 0.00344. The summed E-state index contributed by atoms with van der Waals surface area (Å²) in [6, 6.07) is 3.11. The number of rotatable bonds is 6. The number of fused-ring (bicyclic) bond motifs is 3. The predicted molar refractivity (Wildman–Crippen MR) is 166 cm³/mol. The minimum Gasteiger partial charge on any atom is -0.336 e. The number of halogens is 3. The molecule has 7 rings (SSSR count). The van der Waals surface area contributed by atoms with Crippen LogP contribution < -0.4 is 5.32 Å². The molecule has 6 heterocycles. The Labute approximate surface area is 268 Å². The van der Waals surface area contributed by atoms with E-state index in [4.69, 9.17) is 4.98 Å². The Morgan fingerprint density at radius 2 is 1.87 bits per heavy atom. The van der Waals surface area contributed by atoms with Crippen LogP contribution in [-0.4, -0.2) is 63.7 Å².